The summed E-state index contributed by atoms with van der Waals surface area (Å²) in [5.74, 6) is -0.651. The highest BCUT2D eigenvalue weighted by Gasteiger charge is 2.24. The van der Waals surface area contributed by atoms with Crippen LogP contribution >= 0.6 is 0 Å². The molecule has 0 amide bonds. The van der Waals surface area contributed by atoms with Gasteiger partial charge in [-0.15, -0.1) is 0 Å². The number of benzene rings is 1. The number of rotatable bonds is 6. The van der Waals surface area contributed by atoms with E-state index in [9.17, 15) is 13.6 Å². The van der Waals surface area contributed by atoms with Crippen molar-refractivity contribution in [2.45, 2.75) is 44.9 Å². The van der Waals surface area contributed by atoms with Gasteiger partial charge in [0.1, 0.15) is 5.75 Å². The van der Waals surface area contributed by atoms with Gasteiger partial charge in [-0.2, -0.15) is 8.78 Å². The van der Waals surface area contributed by atoms with E-state index >= 15 is 0 Å². The van der Waals surface area contributed by atoms with Crippen molar-refractivity contribution < 1.29 is 23.4 Å². The number of piperidine rings is 1. The standard InChI is InChI=1S/C15H19F2NO3/c16-15(17)21-13-6-4-11(5-7-13)10-18-8-2-1-3-12(18)9-14(19)20/h4-7,12,15H,1-3,8-10H2,(H,19,20). The van der Waals surface area contributed by atoms with E-state index in [1.54, 1.807) is 12.1 Å². The maximum absolute atomic E-state index is 12.1. The van der Waals surface area contributed by atoms with Crippen molar-refractivity contribution in [2.75, 3.05) is 6.54 Å². The summed E-state index contributed by atoms with van der Waals surface area (Å²) in [7, 11) is 0. The number of hydrogen-bond donors (Lipinski definition) is 1. The van der Waals surface area contributed by atoms with E-state index in [0.717, 1.165) is 31.4 Å². The molecule has 0 spiro atoms. The molecule has 0 aliphatic carbocycles. The molecule has 1 aliphatic heterocycles. The third kappa shape index (κ3) is 4.97. The molecule has 1 atom stereocenters. The number of hydrogen-bond acceptors (Lipinski definition) is 3. The Labute approximate surface area is 122 Å². The molecule has 1 fully saturated rings. The fourth-order valence-corrected chi connectivity index (χ4v) is 2.71. The van der Waals surface area contributed by atoms with Crippen LogP contribution in [0.4, 0.5) is 8.78 Å². The van der Waals surface area contributed by atoms with Gasteiger partial charge in [-0.05, 0) is 37.1 Å². The van der Waals surface area contributed by atoms with E-state index in [0.29, 0.717) is 6.54 Å². The van der Waals surface area contributed by atoms with Gasteiger partial charge < -0.3 is 9.84 Å². The molecular formula is C15H19F2NO3. The van der Waals surface area contributed by atoms with Crippen molar-refractivity contribution in [1.82, 2.24) is 4.90 Å². The van der Waals surface area contributed by atoms with Crippen LogP contribution in [0.2, 0.25) is 0 Å². The summed E-state index contributed by atoms with van der Waals surface area (Å²) < 4.78 is 28.5. The topological polar surface area (TPSA) is 49.8 Å². The molecule has 4 nitrogen and oxygen atoms in total. The highest BCUT2D eigenvalue weighted by atomic mass is 19.3. The molecule has 1 heterocycles. The Morgan fingerprint density at radius 2 is 2.05 bits per heavy atom. The summed E-state index contributed by atoms with van der Waals surface area (Å²) >= 11 is 0. The Morgan fingerprint density at radius 3 is 2.67 bits per heavy atom. The molecule has 0 aromatic heterocycles. The van der Waals surface area contributed by atoms with Gasteiger partial charge >= 0.3 is 12.6 Å². The predicted molar refractivity (Wildman–Crippen MR) is 73.4 cm³/mol. The first-order valence-corrected chi connectivity index (χ1v) is 7.04. The van der Waals surface area contributed by atoms with Crippen LogP contribution < -0.4 is 4.74 Å². The Kier molecular flexibility index (Phi) is 5.50. The van der Waals surface area contributed by atoms with E-state index in [1.807, 2.05) is 0 Å². The van der Waals surface area contributed by atoms with Crippen molar-refractivity contribution in [2.24, 2.45) is 0 Å². The van der Waals surface area contributed by atoms with Gasteiger partial charge in [0.15, 0.2) is 0 Å². The van der Waals surface area contributed by atoms with Crippen LogP contribution in [-0.2, 0) is 11.3 Å². The Balaban J connectivity index is 1.96. The number of alkyl halides is 2. The third-order valence-corrected chi connectivity index (χ3v) is 3.69. The molecule has 0 bridgehead atoms. The van der Waals surface area contributed by atoms with E-state index in [2.05, 4.69) is 9.64 Å². The van der Waals surface area contributed by atoms with E-state index in [1.165, 1.54) is 12.1 Å². The highest BCUT2D eigenvalue weighted by molar-refractivity contribution is 5.67. The van der Waals surface area contributed by atoms with Crippen molar-refractivity contribution in [1.29, 1.82) is 0 Å². The number of ether oxygens (including phenoxy) is 1. The van der Waals surface area contributed by atoms with Crippen molar-refractivity contribution in [3.63, 3.8) is 0 Å². The van der Waals surface area contributed by atoms with E-state index < -0.39 is 12.6 Å². The number of nitrogens with zero attached hydrogens (tertiary/aromatic N) is 1. The van der Waals surface area contributed by atoms with Gasteiger partial charge in [0.25, 0.3) is 0 Å². The fourth-order valence-electron chi connectivity index (χ4n) is 2.71. The van der Waals surface area contributed by atoms with Crippen molar-refractivity contribution >= 4 is 5.97 Å². The van der Waals surface area contributed by atoms with Gasteiger partial charge in [-0.3, -0.25) is 9.69 Å². The number of carbonyl (C=O) groups is 1. The molecule has 21 heavy (non-hydrogen) atoms. The first-order valence-electron chi connectivity index (χ1n) is 7.04. The molecule has 1 unspecified atom stereocenters. The lowest BCUT2D eigenvalue weighted by Crippen LogP contribution is -2.40. The van der Waals surface area contributed by atoms with Gasteiger partial charge in [-0.1, -0.05) is 18.6 Å². The molecule has 1 aromatic rings. The highest BCUT2D eigenvalue weighted by Crippen LogP contribution is 2.23. The van der Waals surface area contributed by atoms with Gasteiger partial charge in [0, 0.05) is 12.6 Å². The van der Waals surface area contributed by atoms with E-state index in [-0.39, 0.29) is 18.2 Å². The second kappa shape index (κ2) is 7.36. The summed E-state index contributed by atoms with van der Waals surface area (Å²) in [6.07, 6.45) is 3.14. The lowest BCUT2D eigenvalue weighted by molar-refractivity contribution is -0.138. The molecule has 0 radical (unpaired) electrons. The Bertz CT molecular complexity index is 464. The fraction of sp³-hybridized carbons (Fsp3) is 0.533. The van der Waals surface area contributed by atoms with Crippen LogP contribution in [0, 0.1) is 0 Å². The zero-order valence-corrected chi connectivity index (χ0v) is 11.7. The second-order valence-electron chi connectivity index (χ2n) is 5.24. The summed E-state index contributed by atoms with van der Waals surface area (Å²) in [4.78, 5) is 13.1. The largest absolute Gasteiger partial charge is 0.481 e. The average Bonchev–Trinajstić information content (AvgIpc) is 2.42. The first-order chi connectivity index (χ1) is 10.0. The minimum atomic E-state index is -2.82. The third-order valence-electron chi connectivity index (χ3n) is 3.69. The van der Waals surface area contributed by atoms with Crippen LogP contribution in [0.15, 0.2) is 24.3 Å². The van der Waals surface area contributed by atoms with Crippen LogP contribution in [0.5, 0.6) is 5.75 Å². The molecule has 116 valence electrons. The van der Waals surface area contributed by atoms with Crippen LogP contribution in [0.1, 0.15) is 31.2 Å². The zero-order chi connectivity index (χ0) is 15.2. The molecule has 1 N–H and O–H groups in total. The van der Waals surface area contributed by atoms with Gasteiger partial charge in [0.05, 0.1) is 6.42 Å². The normalized spacial score (nSPS) is 19.7. The molecule has 0 saturated carbocycles. The van der Waals surface area contributed by atoms with Crippen LogP contribution in [-0.4, -0.2) is 35.2 Å². The lowest BCUT2D eigenvalue weighted by Gasteiger charge is -2.35. The maximum atomic E-state index is 12.1. The Hall–Kier alpha value is -1.69. The second-order valence-corrected chi connectivity index (χ2v) is 5.24. The van der Waals surface area contributed by atoms with Crippen molar-refractivity contribution in [3.05, 3.63) is 29.8 Å². The maximum Gasteiger partial charge on any atom is 0.387 e. The smallest absolute Gasteiger partial charge is 0.387 e. The summed E-state index contributed by atoms with van der Waals surface area (Å²) in [6, 6.07) is 6.55. The van der Waals surface area contributed by atoms with Crippen LogP contribution in [0.25, 0.3) is 0 Å². The molecular weight excluding hydrogens is 280 g/mol. The summed E-state index contributed by atoms with van der Waals surface area (Å²) in [5, 5.41) is 8.96. The minimum absolute atomic E-state index is 0.0493. The monoisotopic (exact) mass is 299 g/mol. The average molecular weight is 299 g/mol. The minimum Gasteiger partial charge on any atom is -0.481 e. The summed E-state index contributed by atoms with van der Waals surface area (Å²) in [5.41, 5.74) is 0.967. The first kappa shape index (κ1) is 15.7. The summed E-state index contributed by atoms with van der Waals surface area (Å²) in [6.45, 7) is -1.32. The SMILES string of the molecule is O=C(O)CC1CCCCN1Cc1ccc(OC(F)F)cc1. The molecule has 2 rings (SSSR count). The Morgan fingerprint density at radius 1 is 1.33 bits per heavy atom. The quantitative estimate of drug-likeness (QED) is 0.877. The number of halogens is 2. The lowest BCUT2D eigenvalue weighted by atomic mass is 9.98. The van der Waals surface area contributed by atoms with Crippen molar-refractivity contribution in [3.8, 4) is 5.75 Å². The number of aliphatic carboxylic acids is 1. The molecule has 1 aromatic carbocycles. The number of carboxylic acids is 1. The van der Waals surface area contributed by atoms with Crippen LogP contribution in [0.3, 0.4) is 0 Å². The van der Waals surface area contributed by atoms with Gasteiger partial charge in [-0.25, -0.2) is 0 Å². The molecule has 1 saturated heterocycles. The zero-order valence-electron chi connectivity index (χ0n) is 11.7. The predicted octanol–water partition coefficient (Wildman–Crippen LogP) is 3.12. The van der Waals surface area contributed by atoms with Gasteiger partial charge in [0.2, 0.25) is 0 Å². The number of carboxylic acid groups (broad SMARTS) is 1. The number of likely N-dealkylation sites (tertiary alicyclic amines) is 1. The molecule has 6 heteroatoms. The van der Waals surface area contributed by atoms with E-state index in [4.69, 9.17) is 5.11 Å². The molecule has 1 aliphatic rings.